The normalized spacial score (nSPS) is 12.5. The summed E-state index contributed by atoms with van der Waals surface area (Å²) < 4.78 is 26.0. The molecule has 9 heteroatoms. The highest BCUT2D eigenvalue weighted by atomic mass is 32.2. The maximum atomic E-state index is 12.0. The molecule has 8 nitrogen and oxygen atoms in total. The minimum Gasteiger partial charge on any atom is -0.370 e. The van der Waals surface area contributed by atoms with Gasteiger partial charge in [0.25, 0.3) is 15.9 Å². The molecule has 1 rings (SSSR count). The van der Waals surface area contributed by atoms with E-state index in [1.807, 2.05) is 11.6 Å². The van der Waals surface area contributed by atoms with Crippen molar-refractivity contribution < 1.29 is 13.2 Å². The lowest BCUT2D eigenvalue weighted by molar-refractivity contribution is -0.120. The van der Waals surface area contributed by atoms with E-state index in [0.29, 0.717) is 13.0 Å². The number of carbonyl (C=O) groups excluding carboxylic acids is 1. The maximum absolute atomic E-state index is 12.0. The first-order valence-electron chi connectivity index (χ1n) is 6.66. The summed E-state index contributed by atoms with van der Waals surface area (Å²) in [5.74, 6) is -0.801. The molecule has 0 fully saturated rings. The molecule has 7 N–H and O–H groups in total. The van der Waals surface area contributed by atoms with E-state index in [4.69, 9.17) is 17.2 Å². The van der Waals surface area contributed by atoms with Crippen LogP contribution in [-0.2, 0) is 14.8 Å². The van der Waals surface area contributed by atoms with Crippen molar-refractivity contribution in [2.24, 2.45) is 22.2 Å². The maximum Gasteiger partial charge on any atom is 0.264 e. The molecule has 122 valence electrons. The fourth-order valence-corrected chi connectivity index (χ4v) is 2.66. The van der Waals surface area contributed by atoms with Gasteiger partial charge in [0, 0.05) is 6.54 Å². The van der Waals surface area contributed by atoms with Crippen molar-refractivity contribution >= 4 is 21.9 Å². The fourth-order valence-electron chi connectivity index (χ4n) is 1.63. The number of aryl methyl sites for hydroxylation is 1. The number of rotatable bonds is 7. The SMILES string of the molecule is Cc1ccc(S(=O)(=O)NC(=O)C(N)CCCN=C(N)N)cc1. The molecule has 0 saturated heterocycles. The van der Waals surface area contributed by atoms with Crippen LogP contribution in [0.1, 0.15) is 18.4 Å². The molecule has 1 atom stereocenters. The van der Waals surface area contributed by atoms with Crippen LogP contribution in [0.2, 0.25) is 0 Å². The third kappa shape index (κ3) is 5.70. The number of nitrogens with one attached hydrogen (secondary N) is 1. The van der Waals surface area contributed by atoms with Crippen molar-refractivity contribution in [2.75, 3.05) is 6.54 Å². The van der Waals surface area contributed by atoms with Crippen molar-refractivity contribution in [1.82, 2.24) is 4.72 Å². The first-order valence-corrected chi connectivity index (χ1v) is 8.15. The number of benzene rings is 1. The Morgan fingerprint density at radius 3 is 2.41 bits per heavy atom. The average molecular weight is 327 g/mol. The summed E-state index contributed by atoms with van der Waals surface area (Å²) in [6.07, 6.45) is 0.739. The van der Waals surface area contributed by atoms with Crippen LogP contribution >= 0.6 is 0 Å². The van der Waals surface area contributed by atoms with Crippen molar-refractivity contribution in [3.63, 3.8) is 0 Å². The Morgan fingerprint density at radius 2 is 1.86 bits per heavy atom. The van der Waals surface area contributed by atoms with Gasteiger partial charge in [-0.05, 0) is 31.9 Å². The first kappa shape index (κ1) is 17.9. The van der Waals surface area contributed by atoms with Crippen LogP contribution in [-0.4, -0.2) is 32.9 Å². The highest BCUT2D eigenvalue weighted by Crippen LogP contribution is 2.10. The van der Waals surface area contributed by atoms with Gasteiger partial charge >= 0.3 is 0 Å². The Morgan fingerprint density at radius 1 is 1.27 bits per heavy atom. The van der Waals surface area contributed by atoms with Gasteiger partial charge in [-0.2, -0.15) is 0 Å². The molecule has 0 heterocycles. The van der Waals surface area contributed by atoms with Crippen molar-refractivity contribution in [2.45, 2.75) is 30.7 Å². The second-order valence-corrected chi connectivity index (χ2v) is 6.52. The van der Waals surface area contributed by atoms with Gasteiger partial charge in [-0.25, -0.2) is 13.1 Å². The minimum absolute atomic E-state index is 0.0131. The zero-order valence-electron chi connectivity index (χ0n) is 12.3. The van der Waals surface area contributed by atoms with Gasteiger partial charge in [0.15, 0.2) is 5.96 Å². The Kier molecular flexibility index (Phi) is 6.32. The fraction of sp³-hybridized carbons (Fsp3) is 0.385. The molecule has 0 radical (unpaired) electrons. The predicted octanol–water partition coefficient (Wildman–Crippen LogP) is -0.819. The number of sulfonamides is 1. The van der Waals surface area contributed by atoms with Crippen LogP contribution in [0.3, 0.4) is 0 Å². The van der Waals surface area contributed by atoms with Gasteiger partial charge < -0.3 is 17.2 Å². The lowest BCUT2D eigenvalue weighted by Gasteiger charge is -2.12. The Balaban J connectivity index is 2.59. The van der Waals surface area contributed by atoms with Crippen LogP contribution in [0.4, 0.5) is 0 Å². The number of nitrogens with two attached hydrogens (primary N) is 3. The Labute approximate surface area is 129 Å². The lowest BCUT2D eigenvalue weighted by Crippen LogP contribution is -2.43. The summed E-state index contributed by atoms with van der Waals surface area (Å²) in [5, 5.41) is 0. The number of aliphatic imine (C=N–C) groups is 1. The number of carbonyl (C=O) groups is 1. The minimum atomic E-state index is -3.91. The molecular weight excluding hydrogens is 306 g/mol. The van der Waals surface area contributed by atoms with Crippen LogP contribution in [0.15, 0.2) is 34.2 Å². The number of hydrogen-bond donors (Lipinski definition) is 4. The van der Waals surface area contributed by atoms with Crippen LogP contribution in [0.25, 0.3) is 0 Å². The van der Waals surface area contributed by atoms with E-state index in [-0.39, 0.29) is 17.3 Å². The second kappa shape index (κ2) is 7.76. The molecule has 0 aliphatic rings. The summed E-state index contributed by atoms with van der Waals surface area (Å²) in [4.78, 5) is 15.6. The zero-order valence-corrected chi connectivity index (χ0v) is 13.1. The van der Waals surface area contributed by atoms with E-state index in [2.05, 4.69) is 4.99 Å². The average Bonchev–Trinajstić information content (AvgIpc) is 2.43. The summed E-state index contributed by atoms with van der Waals surface area (Å²) in [6, 6.07) is 5.20. The second-order valence-electron chi connectivity index (χ2n) is 4.84. The van der Waals surface area contributed by atoms with E-state index in [9.17, 15) is 13.2 Å². The summed E-state index contributed by atoms with van der Waals surface area (Å²) in [7, 11) is -3.91. The highest BCUT2D eigenvalue weighted by molar-refractivity contribution is 7.90. The molecular formula is C13H21N5O3S. The molecule has 1 amide bonds. The third-order valence-electron chi connectivity index (χ3n) is 2.87. The number of nitrogens with zero attached hydrogens (tertiary/aromatic N) is 1. The van der Waals surface area contributed by atoms with E-state index in [0.717, 1.165) is 5.56 Å². The third-order valence-corrected chi connectivity index (χ3v) is 4.23. The topological polar surface area (TPSA) is 154 Å². The summed E-state index contributed by atoms with van der Waals surface area (Å²) >= 11 is 0. The standard InChI is InChI=1S/C13H21N5O3S/c1-9-4-6-10(7-5-9)22(20,21)18-12(19)11(14)3-2-8-17-13(15)16/h4-7,11H,2-3,8,14H2,1H3,(H,18,19)(H4,15,16,17). The summed E-state index contributed by atoms with van der Waals surface area (Å²) in [5.41, 5.74) is 16.9. The van der Waals surface area contributed by atoms with Gasteiger partial charge in [-0.15, -0.1) is 0 Å². The van der Waals surface area contributed by atoms with Crippen molar-refractivity contribution in [3.05, 3.63) is 29.8 Å². The molecule has 0 saturated carbocycles. The molecule has 0 bridgehead atoms. The largest absolute Gasteiger partial charge is 0.370 e. The van der Waals surface area contributed by atoms with E-state index >= 15 is 0 Å². The Hall–Kier alpha value is -2.13. The van der Waals surface area contributed by atoms with E-state index in [1.54, 1.807) is 12.1 Å². The first-order chi connectivity index (χ1) is 10.2. The van der Waals surface area contributed by atoms with Crippen LogP contribution in [0.5, 0.6) is 0 Å². The smallest absolute Gasteiger partial charge is 0.264 e. The molecule has 1 aromatic rings. The number of guanidine groups is 1. The summed E-state index contributed by atoms with van der Waals surface area (Å²) in [6.45, 7) is 2.16. The van der Waals surface area contributed by atoms with Gasteiger partial charge in [0.2, 0.25) is 0 Å². The molecule has 0 aromatic heterocycles. The molecule has 1 unspecified atom stereocenters. The van der Waals surface area contributed by atoms with Gasteiger partial charge in [-0.3, -0.25) is 9.79 Å². The van der Waals surface area contributed by atoms with Crippen LogP contribution in [0, 0.1) is 6.92 Å². The lowest BCUT2D eigenvalue weighted by atomic mass is 10.1. The molecule has 0 aliphatic heterocycles. The number of hydrogen-bond acceptors (Lipinski definition) is 5. The molecule has 0 spiro atoms. The number of amides is 1. The van der Waals surface area contributed by atoms with E-state index in [1.165, 1.54) is 12.1 Å². The Bertz CT molecular complexity index is 636. The van der Waals surface area contributed by atoms with Gasteiger partial charge in [0.05, 0.1) is 10.9 Å². The van der Waals surface area contributed by atoms with Crippen molar-refractivity contribution in [1.29, 1.82) is 0 Å². The quantitative estimate of drug-likeness (QED) is 0.291. The van der Waals surface area contributed by atoms with Crippen LogP contribution < -0.4 is 21.9 Å². The van der Waals surface area contributed by atoms with Gasteiger partial charge in [-0.1, -0.05) is 17.7 Å². The molecule has 22 heavy (non-hydrogen) atoms. The van der Waals surface area contributed by atoms with Crippen molar-refractivity contribution in [3.8, 4) is 0 Å². The molecule has 0 aliphatic carbocycles. The monoisotopic (exact) mass is 327 g/mol. The van der Waals surface area contributed by atoms with E-state index < -0.39 is 22.0 Å². The van der Waals surface area contributed by atoms with Gasteiger partial charge in [0.1, 0.15) is 0 Å². The zero-order chi connectivity index (χ0) is 16.8. The molecule has 1 aromatic carbocycles. The highest BCUT2D eigenvalue weighted by Gasteiger charge is 2.21. The predicted molar refractivity (Wildman–Crippen MR) is 84.4 cm³/mol.